The molecule has 0 atom stereocenters. The van der Waals surface area contributed by atoms with E-state index in [9.17, 15) is 0 Å². The van der Waals surface area contributed by atoms with Crippen LogP contribution in [0.4, 0.5) is 0 Å². The fourth-order valence-corrected chi connectivity index (χ4v) is 3.99. The van der Waals surface area contributed by atoms with Gasteiger partial charge in [-0.1, -0.05) is 42.5 Å². The van der Waals surface area contributed by atoms with Crippen LogP contribution in [0.5, 0.6) is 0 Å². The number of fused-ring (bicyclic) bond motifs is 3. The van der Waals surface area contributed by atoms with Crippen molar-refractivity contribution in [3.63, 3.8) is 0 Å². The average Bonchev–Trinajstić information content (AvgIpc) is 2.87. The number of nitrogens with two attached hydrogens (primary N) is 1. The summed E-state index contributed by atoms with van der Waals surface area (Å²) in [5, 5.41) is 0. The van der Waals surface area contributed by atoms with Crippen LogP contribution < -0.4 is 5.73 Å². The van der Waals surface area contributed by atoms with Gasteiger partial charge < -0.3 is 5.73 Å². The van der Waals surface area contributed by atoms with E-state index in [0.717, 1.165) is 12.3 Å². The van der Waals surface area contributed by atoms with Crippen LogP contribution in [0.1, 0.15) is 48.3 Å². The predicted molar refractivity (Wildman–Crippen MR) is 83.9 cm³/mol. The highest BCUT2D eigenvalue weighted by molar-refractivity contribution is 5.78. The largest absolute Gasteiger partial charge is 0.328 e. The van der Waals surface area contributed by atoms with Gasteiger partial charge in [-0.25, -0.2) is 0 Å². The molecule has 0 saturated heterocycles. The van der Waals surface area contributed by atoms with Gasteiger partial charge in [0.15, 0.2) is 0 Å². The van der Waals surface area contributed by atoms with Crippen molar-refractivity contribution in [1.82, 2.24) is 0 Å². The van der Waals surface area contributed by atoms with Gasteiger partial charge in [0.1, 0.15) is 0 Å². The van der Waals surface area contributed by atoms with Gasteiger partial charge in [-0.05, 0) is 65.8 Å². The Morgan fingerprint density at radius 3 is 2.40 bits per heavy atom. The normalized spacial score (nSPS) is 24.2. The molecule has 0 unspecified atom stereocenters. The molecule has 2 N–H and O–H groups in total. The number of hydrogen-bond acceptors (Lipinski definition) is 1. The molecule has 1 fully saturated rings. The maximum absolute atomic E-state index is 6.06. The molecule has 0 spiro atoms. The third kappa shape index (κ3) is 1.89. The number of rotatable bonds is 1. The lowest BCUT2D eigenvalue weighted by Crippen LogP contribution is -2.26. The van der Waals surface area contributed by atoms with E-state index in [0.29, 0.717) is 6.04 Å². The maximum Gasteiger partial charge on any atom is 0.00392 e. The molecule has 0 aromatic heterocycles. The predicted octanol–water partition coefficient (Wildman–Crippen LogP) is 4.24. The minimum absolute atomic E-state index is 0.431. The Balaban J connectivity index is 1.74. The van der Waals surface area contributed by atoms with Crippen molar-refractivity contribution in [3.05, 3.63) is 59.2 Å². The van der Waals surface area contributed by atoms with E-state index in [-0.39, 0.29) is 0 Å². The third-order valence-electron chi connectivity index (χ3n) is 5.10. The van der Waals surface area contributed by atoms with E-state index in [2.05, 4.69) is 42.5 Å². The molecule has 2 aliphatic rings. The van der Waals surface area contributed by atoms with Crippen molar-refractivity contribution in [2.24, 2.45) is 5.73 Å². The van der Waals surface area contributed by atoms with Crippen LogP contribution in [-0.2, 0) is 6.42 Å². The summed E-state index contributed by atoms with van der Waals surface area (Å²) in [7, 11) is 0. The van der Waals surface area contributed by atoms with Gasteiger partial charge in [-0.2, -0.15) is 0 Å². The summed E-state index contributed by atoms with van der Waals surface area (Å²) in [5.41, 5.74) is 13.6. The fourth-order valence-electron chi connectivity index (χ4n) is 3.99. The summed E-state index contributed by atoms with van der Waals surface area (Å²) >= 11 is 0. The average molecular weight is 263 g/mol. The Morgan fingerprint density at radius 2 is 1.55 bits per heavy atom. The summed E-state index contributed by atoms with van der Waals surface area (Å²) in [5.74, 6) is 0.721. The van der Waals surface area contributed by atoms with Crippen molar-refractivity contribution < 1.29 is 0 Å². The molecule has 2 aliphatic carbocycles. The molecule has 2 aromatic rings. The zero-order valence-corrected chi connectivity index (χ0v) is 11.8. The molecule has 102 valence electrons. The van der Waals surface area contributed by atoms with Crippen molar-refractivity contribution in [1.29, 1.82) is 0 Å². The Labute approximate surface area is 120 Å². The van der Waals surface area contributed by atoms with E-state index in [1.165, 1.54) is 42.4 Å². The Morgan fingerprint density at radius 1 is 0.800 bits per heavy atom. The highest BCUT2D eigenvalue weighted by Gasteiger charge is 2.26. The lowest BCUT2D eigenvalue weighted by Gasteiger charge is -2.28. The van der Waals surface area contributed by atoms with Crippen molar-refractivity contribution in [3.8, 4) is 11.1 Å². The van der Waals surface area contributed by atoms with Crippen molar-refractivity contribution in [2.45, 2.75) is 44.1 Å². The molecule has 0 bridgehead atoms. The quantitative estimate of drug-likeness (QED) is 0.698. The third-order valence-corrected chi connectivity index (χ3v) is 5.10. The van der Waals surface area contributed by atoms with Gasteiger partial charge in [-0.15, -0.1) is 0 Å². The van der Waals surface area contributed by atoms with Gasteiger partial charge in [0.2, 0.25) is 0 Å². The monoisotopic (exact) mass is 263 g/mol. The molecule has 4 rings (SSSR count). The second kappa shape index (κ2) is 4.75. The molecular weight excluding hydrogens is 242 g/mol. The first-order chi connectivity index (χ1) is 9.83. The molecular formula is C19H21N. The van der Waals surface area contributed by atoms with Crippen molar-refractivity contribution in [2.75, 3.05) is 0 Å². The van der Waals surface area contributed by atoms with Gasteiger partial charge in [0.25, 0.3) is 0 Å². The van der Waals surface area contributed by atoms with E-state index < -0.39 is 0 Å². The topological polar surface area (TPSA) is 26.0 Å². The first-order valence-corrected chi connectivity index (χ1v) is 7.78. The Bertz CT molecular complexity index is 636. The van der Waals surface area contributed by atoms with Gasteiger partial charge >= 0.3 is 0 Å². The lowest BCUT2D eigenvalue weighted by molar-refractivity contribution is 0.394. The van der Waals surface area contributed by atoms with E-state index in [1.807, 2.05) is 0 Å². The van der Waals surface area contributed by atoms with Crippen LogP contribution in [0.15, 0.2) is 42.5 Å². The van der Waals surface area contributed by atoms with E-state index in [1.54, 1.807) is 11.1 Å². The number of hydrogen-bond donors (Lipinski definition) is 1. The standard InChI is InChI=1S/C19H21N/c20-15-10-8-13(9-11-15)16-6-3-7-18-17-5-2-1-4-14(17)12-19(16)18/h1-7,13,15H,8-12,20H2. The first-order valence-electron chi connectivity index (χ1n) is 7.78. The highest BCUT2D eigenvalue weighted by atomic mass is 14.6. The molecule has 1 heteroatoms. The molecule has 0 heterocycles. The maximum atomic E-state index is 6.06. The highest BCUT2D eigenvalue weighted by Crippen LogP contribution is 2.43. The lowest BCUT2D eigenvalue weighted by atomic mass is 9.79. The first kappa shape index (κ1) is 12.2. The zero-order chi connectivity index (χ0) is 13.5. The molecule has 20 heavy (non-hydrogen) atoms. The summed E-state index contributed by atoms with van der Waals surface area (Å²) in [6.45, 7) is 0. The van der Waals surface area contributed by atoms with Crippen LogP contribution in [0.2, 0.25) is 0 Å². The van der Waals surface area contributed by atoms with Crippen LogP contribution in [0.3, 0.4) is 0 Å². The Kier molecular flexibility index (Phi) is 2.89. The molecule has 1 nitrogen and oxygen atoms in total. The van der Waals surface area contributed by atoms with Crippen LogP contribution in [0.25, 0.3) is 11.1 Å². The minimum Gasteiger partial charge on any atom is -0.328 e. The fraction of sp³-hybridized carbons (Fsp3) is 0.368. The number of benzene rings is 2. The minimum atomic E-state index is 0.431. The summed E-state index contributed by atoms with van der Waals surface area (Å²) in [4.78, 5) is 0. The van der Waals surface area contributed by atoms with Crippen LogP contribution >= 0.6 is 0 Å². The molecule has 0 amide bonds. The van der Waals surface area contributed by atoms with E-state index >= 15 is 0 Å². The second-order valence-electron chi connectivity index (χ2n) is 6.32. The van der Waals surface area contributed by atoms with Gasteiger partial charge in [-0.3, -0.25) is 0 Å². The van der Waals surface area contributed by atoms with Crippen molar-refractivity contribution >= 4 is 0 Å². The smallest absolute Gasteiger partial charge is 0.00392 e. The van der Waals surface area contributed by atoms with Gasteiger partial charge in [0, 0.05) is 6.04 Å². The SMILES string of the molecule is NC1CCC(c2cccc3c2Cc2ccccc2-3)CC1. The summed E-state index contributed by atoms with van der Waals surface area (Å²) in [6.07, 6.45) is 5.99. The molecule has 2 aromatic carbocycles. The zero-order valence-electron chi connectivity index (χ0n) is 11.8. The Hall–Kier alpha value is -1.60. The molecule has 1 saturated carbocycles. The molecule has 0 radical (unpaired) electrons. The van der Waals surface area contributed by atoms with Crippen LogP contribution in [0, 0.1) is 0 Å². The van der Waals surface area contributed by atoms with Gasteiger partial charge in [0.05, 0.1) is 0 Å². The van der Waals surface area contributed by atoms with Crippen LogP contribution in [-0.4, -0.2) is 6.04 Å². The summed E-state index contributed by atoms with van der Waals surface area (Å²) < 4.78 is 0. The molecule has 0 aliphatic heterocycles. The van der Waals surface area contributed by atoms with E-state index in [4.69, 9.17) is 5.73 Å². The summed E-state index contributed by atoms with van der Waals surface area (Å²) in [6, 6.07) is 16.2. The second-order valence-corrected chi connectivity index (χ2v) is 6.32.